The number of rotatable bonds is 7. The molecule has 0 saturated carbocycles. The third-order valence-corrected chi connectivity index (χ3v) is 8.60. The summed E-state index contributed by atoms with van der Waals surface area (Å²) in [4.78, 5) is 45.1. The summed E-state index contributed by atoms with van der Waals surface area (Å²) in [7, 11) is 0. The van der Waals surface area contributed by atoms with Gasteiger partial charge in [-0.15, -0.1) is 11.3 Å². The van der Waals surface area contributed by atoms with Gasteiger partial charge in [-0.2, -0.15) is 0 Å². The zero-order valence-corrected chi connectivity index (χ0v) is 21.7. The van der Waals surface area contributed by atoms with Crippen molar-refractivity contribution in [2.45, 2.75) is 44.2 Å². The van der Waals surface area contributed by atoms with Gasteiger partial charge >= 0.3 is 0 Å². The van der Waals surface area contributed by atoms with E-state index in [4.69, 9.17) is 11.6 Å². The second-order valence-corrected chi connectivity index (χ2v) is 11.5. The quantitative estimate of drug-likeness (QED) is 0.532. The van der Waals surface area contributed by atoms with Crippen LogP contribution in [0.4, 0.5) is 5.69 Å². The van der Waals surface area contributed by atoms with E-state index >= 15 is 0 Å². The average Bonchev–Trinajstić information content (AvgIpc) is 3.43. The number of hydrogen-bond donors (Lipinski definition) is 2. The normalized spacial score (nSPS) is 20.6. The molecule has 192 valence electrons. The van der Waals surface area contributed by atoms with Crippen LogP contribution >= 0.6 is 22.9 Å². The number of anilines is 1. The molecule has 1 atom stereocenters. The molecule has 0 aliphatic carbocycles. The molecule has 5 rings (SSSR count). The van der Waals surface area contributed by atoms with Gasteiger partial charge in [0.05, 0.1) is 38.7 Å². The lowest BCUT2D eigenvalue weighted by atomic mass is 9.99. The molecule has 3 aliphatic rings. The molecule has 2 aromatic rings. The minimum atomic E-state index is -0.843. The summed E-state index contributed by atoms with van der Waals surface area (Å²) in [5, 5.41) is 13.5. The van der Waals surface area contributed by atoms with Crippen LogP contribution in [0, 0.1) is 0 Å². The number of imide groups is 1. The van der Waals surface area contributed by atoms with Gasteiger partial charge in [-0.25, -0.2) is 0 Å². The first kappa shape index (κ1) is 25.4. The van der Waals surface area contributed by atoms with E-state index in [2.05, 4.69) is 15.1 Å². The number of likely N-dealkylation sites (tertiary alicyclic amines) is 2. The number of amides is 3. The van der Waals surface area contributed by atoms with E-state index in [9.17, 15) is 19.5 Å². The molecule has 2 saturated heterocycles. The van der Waals surface area contributed by atoms with Crippen molar-refractivity contribution in [1.29, 1.82) is 0 Å². The van der Waals surface area contributed by atoms with E-state index in [0.29, 0.717) is 21.8 Å². The van der Waals surface area contributed by atoms with E-state index in [1.54, 1.807) is 30.3 Å². The minimum Gasteiger partial charge on any atom is -0.390 e. The standard InChI is InChI=1S/C26H31ClN4O4S/c27-22-8-7-21(36-22)24(33)28-20-6-4-5-19-23(20)26(35)31(25(19)34)16-18(32)15-29-13-9-17(10-14-29)30-11-2-1-3-12-30/h4-8,17-18,32H,1-3,9-16H2,(H,28,33). The lowest BCUT2D eigenvalue weighted by Crippen LogP contribution is -2.49. The van der Waals surface area contributed by atoms with Gasteiger partial charge in [-0.1, -0.05) is 24.1 Å². The monoisotopic (exact) mass is 530 g/mol. The predicted molar refractivity (Wildman–Crippen MR) is 140 cm³/mol. The topological polar surface area (TPSA) is 93.2 Å². The second kappa shape index (κ2) is 11.0. The van der Waals surface area contributed by atoms with Crippen molar-refractivity contribution in [3.05, 3.63) is 50.7 Å². The molecule has 10 heteroatoms. The van der Waals surface area contributed by atoms with Crippen molar-refractivity contribution in [3.8, 4) is 0 Å². The van der Waals surface area contributed by atoms with E-state index in [-0.39, 0.29) is 23.4 Å². The maximum atomic E-state index is 13.2. The van der Waals surface area contributed by atoms with Crippen molar-refractivity contribution in [1.82, 2.24) is 14.7 Å². The van der Waals surface area contributed by atoms with Gasteiger partial charge in [0, 0.05) is 12.6 Å². The molecule has 0 radical (unpaired) electrons. The Bertz CT molecular complexity index is 1140. The molecule has 1 aromatic heterocycles. The van der Waals surface area contributed by atoms with Gasteiger partial charge in [0.1, 0.15) is 0 Å². The van der Waals surface area contributed by atoms with Crippen LogP contribution in [0.25, 0.3) is 0 Å². The number of aliphatic hydroxyl groups excluding tert-OH is 1. The Kier molecular flexibility index (Phi) is 7.73. The summed E-state index contributed by atoms with van der Waals surface area (Å²) >= 11 is 7.06. The van der Waals surface area contributed by atoms with Crippen molar-refractivity contribution in [2.75, 3.05) is 44.6 Å². The summed E-state index contributed by atoms with van der Waals surface area (Å²) in [5.74, 6) is -1.35. The highest BCUT2D eigenvalue weighted by molar-refractivity contribution is 7.18. The number of benzene rings is 1. The third kappa shape index (κ3) is 5.35. The predicted octanol–water partition coefficient (Wildman–Crippen LogP) is 3.56. The van der Waals surface area contributed by atoms with Crippen LogP contribution in [0.5, 0.6) is 0 Å². The SMILES string of the molecule is O=C(Nc1cccc2c1C(=O)N(CC(O)CN1CCC(N3CCCCC3)CC1)C2=O)c1ccc(Cl)s1. The summed E-state index contributed by atoms with van der Waals surface area (Å²) < 4.78 is 0.487. The van der Waals surface area contributed by atoms with Crippen molar-refractivity contribution in [3.63, 3.8) is 0 Å². The van der Waals surface area contributed by atoms with Crippen LogP contribution in [0.15, 0.2) is 30.3 Å². The van der Waals surface area contributed by atoms with Crippen LogP contribution < -0.4 is 5.32 Å². The van der Waals surface area contributed by atoms with Crippen LogP contribution in [0.2, 0.25) is 4.34 Å². The van der Waals surface area contributed by atoms with Gasteiger partial charge in [0.2, 0.25) is 0 Å². The highest BCUT2D eigenvalue weighted by Gasteiger charge is 2.39. The number of carbonyl (C=O) groups excluding carboxylic acids is 3. The Morgan fingerprint density at radius 3 is 2.47 bits per heavy atom. The smallest absolute Gasteiger partial charge is 0.265 e. The molecule has 2 N–H and O–H groups in total. The second-order valence-electron chi connectivity index (χ2n) is 9.79. The molecule has 3 aliphatic heterocycles. The number of aliphatic hydroxyl groups is 1. The molecular weight excluding hydrogens is 500 g/mol. The lowest BCUT2D eigenvalue weighted by molar-refractivity contribution is 0.0374. The first-order valence-corrected chi connectivity index (χ1v) is 13.8. The van der Waals surface area contributed by atoms with Crippen LogP contribution in [0.3, 0.4) is 0 Å². The van der Waals surface area contributed by atoms with Crippen molar-refractivity contribution in [2.24, 2.45) is 0 Å². The minimum absolute atomic E-state index is 0.0771. The van der Waals surface area contributed by atoms with Crippen molar-refractivity contribution >= 4 is 46.3 Å². The Labute approximate surface area is 219 Å². The molecular formula is C26H31ClN4O4S. The van der Waals surface area contributed by atoms with Crippen molar-refractivity contribution < 1.29 is 19.5 Å². The Morgan fingerprint density at radius 1 is 1.03 bits per heavy atom. The number of fused-ring (bicyclic) bond motifs is 1. The fourth-order valence-corrected chi connectivity index (χ4v) is 6.48. The highest BCUT2D eigenvalue weighted by Crippen LogP contribution is 2.31. The zero-order valence-electron chi connectivity index (χ0n) is 20.1. The van der Waals surface area contributed by atoms with Crippen LogP contribution in [-0.2, 0) is 0 Å². The lowest BCUT2D eigenvalue weighted by Gasteiger charge is -2.40. The fourth-order valence-electron chi connectivity index (χ4n) is 5.54. The largest absolute Gasteiger partial charge is 0.390 e. The van der Waals surface area contributed by atoms with Gasteiger partial charge in [-0.05, 0) is 76.1 Å². The Morgan fingerprint density at radius 2 is 1.78 bits per heavy atom. The number of nitrogens with zero attached hydrogens (tertiary/aromatic N) is 3. The summed E-state index contributed by atoms with van der Waals surface area (Å²) in [5.41, 5.74) is 0.668. The number of β-amino-alcohol motifs (C(OH)–C–C–N with tert-alkyl or cyclic N) is 1. The zero-order chi connectivity index (χ0) is 25.2. The Hall–Kier alpha value is -2.30. The van der Waals surface area contributed by atoms with E-state index < -0.39 is 23.8 Å². The molecule has 36 heavy (non-hydrogen) atoms. The number of carbonyl (C=O) groups is 3. The van der Waals surface area contributed by atoms with Gasteiger partial charge < -0.3 is 20.2 Å². The first-order chi connectivity index (χ1) is 17.4. The fraction of sp³-hybridized carbons (Fsp3) is 0.500. The molecule has 0 bridgehead atoms. The molecule has 3 amide bonds. The van der Waals surface area contributed by atoms with Gasteiger partial charge in [-0.3, -0.25) is 19.3 Å². The Balaban J connectivity index is 1.18. The van der Waals surface area contributed by atoms with Crippen LogP contribution in [0.1, 0.15) is 62.5 Å². The maximum absolute atomic E-state index is 13.2. The molecule has 0 spiro atoms. The van der Waals surface area contributed by atoms with E-state index in [1.807, 2.05) is 0 Å². The summed E-state index contributed by atoms with van der Waals surface area (Å²) in [6, 6.07) is 8.66. The number of halogens is 1. The number of thiophene rings is 1. The molecule has 8 nitrogen and oxygen atoms in total. The number of hydrogen-bond acceptors (Lipinski definition) is 7. The van der Waals surface area contributed by atoms with Gasteiger partial charge in [0.15, 0.2) is 0 Å². The number of nitrogens with one attached hydrogen (secondary N) is 1. The van der Waals surface area contributed by atoms with Gasteiger partial charge in [0.25, 0.3) is 17.7 Å². The number of piperidine rings is 2. The van der Waals surface area contributed by atoms with E-state index in [0.717, 1.165) is 42.2 Å². The molecule has 4 heterocycles. The maximum Gasteiger partial charge on any atom is 0.265 e. The summed E-state index contributed by atoms with van der Waals surface area (Å²) in [6.45, 7) is 4.54. The third-order valence-electron chi connectivity index (χ3n) is 7.37. The summed E-state index contributed by atoms with van der Waals surface area (Å²) in [6.07, 6.45) is 5.22. The first-order valence-electron chi connectivity index (χ1n) is 12.6. The van der Waals surface area contributed by atoms with E-state index in [1.165, 1.54) is 32.4 Å². The highest BCUT2D eigenvalue weighted by atomic mass is 35.5. The molecule has 2 fully saturated rings. The van der Waals surface area contributed by atoms with Crippen LogP contribution in [-0.4, -0.2) is 88.9 Å². The molecule has 1 unspecified atom stereocenters. The average molecular weight is 531 g/mol. The molecule has 1 aromatic carbocycles.